The molecule has 0 spiro atoms. The lowest BCUT2D eigenvalue weighted by atomic mass is 9.55. The molecule has 2 aliphatic carbocycles. The Morgan fingerprint density at radius 3 is 2.48 bits per heavy atom. The van der Waals surface area contributed by atoms with E-state index in [2.05, 4.69) is 18.0 Å². The van der Waals surface area contributed by atoms with Crippen LogP contribution in [0.25, 0.3) is 10.8 Å². The van der Waals surface area contributed by atoms with Crippen LogP contribution in [0.15, 0.2) is 120 Å². The van der Waals surface area contributed by atoms with E-state index in [0.717, 1.165) is 66.0 Å². The molecule has 8 rings (SSSR count). The van der Waals surface area contributed by atoms with Gasteiger partial charge in [0.2, 0.25) is 12.1 Å². The van der Waals surface area contributed by atoms with Crippen molar-refractivity contribution in [1.82, 2.24) is 10.2 Å². The minimum absolute atomic E-state index is 0.000372. The maximum absolute atomic E-state index is 14.9. The summed E-state index contributed by atoms with van der Waals surface area (Å²) in [6, 6.07) is 28.1. The summed E-state index contributed by atoms with van der Waals surface area (Å²) < 4.78 is 26.3. The van der Waals surface area contributed by atoms with E-state index in [1.807, 2.05) is 84.9 Å². The number of benzene rings is 4. The molecule has 0 aromatic heterocycles. The number of hydrogen-bond donors (Lipinski definition) is 3. The van der Waals surface area contributed by atoms with Crippen LogP contribution >= 0.6 is 0 Å². The number of oxime groups is 1. The van der Waals surface area contributed by atoms with Gasteiger partial charge in [0.15, 0.2) is 0 Å². The molecule has 2 heterocycles. The molecule has 0 radical (unpaired) electrons. The van der Waals surface area contributed by atoms with Crippen LogP contribution in [0, 0.1) is 17.8 Å². The molecule has 338 valence electrons. The molecule has 1 saturated heterocycles. The standard InChI is InChI=1S/C52H61N3O9/c1-3-28-61-52-46(55(2)50(58)39-23-22-36-17-7-8-18-37(36)30-39)33-44(54-64-47-21-11-14-29-60-47)42-31-38(19-9-12-26-56)41(20-10-13-27-57)48(49(42)52)43-32-40(24-25-45(43)63-52)62-51(59)53-34-35-15-5-4-6-16-35/h3-8,15-18,22-25,30-32,38,41,46-49,56-57H,1,9-14,19-21,26-29,33-34H2,2H3,(H,53,59)/t38-,41+,46-,47?,48+,49+,52+/m0/s1. The first kappa shape index (κ1) is 45.1. The van der Waals surface area contributed by atoms with Gasteiger partial charge in [0.25, 0.3) is 5.91 Å². The quantitative estimate of drug-likeness (QED) is 0.0506. The van der Waals surface area contributed by atoms with Gasteiger partial charge in [-0.1, -0.05) is 90.8 Å². The van der Waals surface area contributed by atoms with Gasteiger partial charge < -0.3 is 44.2 Å². The zero-order valence-electron chi connectivity index (χ0n) is 36.7. The first-order valence-electron chi connectivity index (χ1n) is 22.9. The van der Waals surface area contributed by atoms with Crippen molar-refractivity contribution in [3.05, 3.63) is 132 Å². The second-order valence-electron chi connectivity index (χ2n) is 17.4. The van der Waals surface area contributed by atoms with E-state index >= 15 is 0 Å². The second kappa shape index (κ2) is 21.0. The van der Waals surface area contributed by atoms with Crippen LogP contribution in [0.2, 0.25) is 0 Å². The zero-order chi connectivity index (χ0) is 44.5. The Morgan fingerprint density at radius 2 is 1.72 bits per heavy atom. The molecule has 2 amide bonds. The predicted octanol–water partition coefficient (Wildman–Crippen LogP) is 9.06. The van der Waals surface area contributed by atoms with E-state index in [-0.39, 0.29) is 49.9 Å². The van der Waals surface area contributed by atoms with Crippen LogP contribution in [0.4, 0.5) is 4.79 Å². The smallest absolute Gasteiger partial charge is 0.412 e. The van der Waals surface area contributed by atoms with Crippen molar-refractivity contribution in [3.63, 3.8) is 0 Å². The molecule has 2 aliphatic heterocycles. The summed E-state index contributed by atoms with van der Waals surface area (Å²) in [4.78, 5) is 36.2. The lowest BCUT2D eigenvalue weighted by Gasteiger charge is -2.59. The molecule has 4 aromatic rings. The van der Waals surface area contributed by atoms with Crippen molar-refractivity contribution >= 4 is 28.5 Å². The lowest BCUT2D eigenvalue weighted by molar-refractivity contribution is -0.252. The van der Waals surface area contributed by atoms with Crippen LogP contribution in [-0.2, 0) is 20.9 Å². The number of nitrogens with one attached hydrogen (secondary N) is 1. The van der Waals surface area contributed by atoms with Crippen molar-refractivity contribution in [2.45, 2.75) is 94.8 Å². The third kappa shape index (κ3) is 9.75. The van der Waals surface area contributed by atoms with E-state index < -0.39 is 30.1 Å². The van der Waals surface area contributed by atoms with Crippen LogP contribution in [0.3, 0.4) is 0 Å². The van der Waals surface area contributed by atoms with Crippen LogP contribution < -0.4 is 14.8 Å². The molecule has 2 fully saturated rings. The molecule has 1 saturated carbocycles. The Balaban J connectivity index is 1.26. The number of carbonyl (C=O) groups is 2. The average molecular weight is 872 g/mol. The van der Waals surface area contributed by atoms with Crippen LogP contribution in [0.5, 0.6) is 11.5 Å². The number of ether oxygens (including phenoxy) is 4. The normalized spacial score (nSPS) is 25.3. The summed E-state index contributed by atoms with van der Waals surface area (Å²) >= 11 is 0. The maximum Gasteiger partial charge on any atom is 0.412 e. The van der Waals surface area contributed by atoms with Gasteiger partial charge in [-0.3, -0.25) is 4.79 Å². The maximum atomic E-state index is 14.9. The van der Waals surface area contributed by atoms with Crippen LogP contribution in [0.1, 0.15) is 91.6 Å². The summed E-state index contributed by atoms with van der Waals surface area (Å²) in [6.07, 6.45) is 10.3. The molecule has 3 N–H and O–H groups in total. The van der Waals surface area contributed by atoms with Gasteiger partial charge in [-0.15, -0.1) is 6.58 Å². The molecular weight excluding hydrogens is 811 g/mol. The minimum atomic E-state index is -1.43. The molecule has 4 aliphatic rings. The molecule has 0 bridgehead atoms. The first-order valence-corrected chi connectivity index (χ1v) is 22.9. The fourth-order valence-electron chi connectivity index (χ4n) is 10.3. The Morgan fingerprint density at radius 1 is 0.938 bits per heavy atom. The fourth-order valence-corrected chi connectivity index (χ4v) is 10.3. The molecule has 4 aromatic carbocycles. The third-order valence-electron chi connectivity index (χ3n) is 13.3. The predicted molar refractivity (Wildman–Crippen MR) is 245 cm³/mol. The number of amides is 2. The first-order chi connectivity index (χ1) is 31.3. The number of likely N-dealkylation sites (N-methyl/N-ethyl adjacent to an activating group) is 1. The average Bonchev–Trinajstić information content (AvgIpc) is 3.33. The van der Waals surface area contributed by atoms with Gasteiger partial charge >= 0.3 is 6.09 Å². The van der Waals surface area contributed by atoms with Crippen molar-refractivity contribution in [1.29, 1.82) is 0 Å². The van der Waals surface area contributed by atoms with Crippen molar-refractivity contribution in [2.24, 2.45) is 22.9 Å². The molecular formula is C52H61N3O9. The Hall–Kier alpha value is -5.53. The van der Waals surface area contributed by atoms with Gasteiger partial charge in [0.1, 0.15) is 17.5 Å². The highest BCUT2D eigenvalue weighted by Crippen LogP contribution is 2.62. The summed E-state index contributed by atoms with van der Waals surface area (Å²) in [5.74, 6) is -1.48. The topological polar surface area (TPSA) is 148 Å². The number of rotatable bonds is 18. The highest BCUT2D eigenvalue weighted by molar-refractivity contribution is 6.04. The third-order valence-corrected chi connectivity index (χ3v) is 13.3. The highest BCUT2D eigenvalue weighted by Gasteiger charge is 2.65. The van der Waals surface area contributed by atoms with Gasteiger partial charge in [-0.25, -0.2) is 4.79 Å². The number of hydrogen-bond acceptors (Lipinski definition) is 10. The fraction of sp³-hybridized carbons (Fsp3) is 0.442. The van der Waals surface area contributed by atoms with E-state index in [4.69, 9.17) is 28.9 Å². The Kier molecular flexibility index (Phi) is 14.8. The summed E-state index contributed by atoms with van der Waals surface area (Å²) in [5, 5.41) is 29.7. The zero-order valence-corrected chi connectivity index (χ0v) is 36.7. The highest BCUT2D eigenvalue weighted by atomic mass is 16.8. The number of carbonyl (C=O) groups excluding carboxylic acids is 2. The Bertz CT molecular complexity index is 2310. The van der Waals surface area contributed by atoms with Gasteiger partial charge in [0, 0.05) is 56.7 Å². The largest absolute Gasteiger partial charge is 0.459 e. The number of aliphatic hydroxyl groups is 2. The molecule has 12 heteroatoms. The van der Waals surface area contributed by atoms with Crippen molar-refractivity contribution in [3.8, 4) is 11.5 Å². The van der Waals surface area contributed by atoms with Crippen LogP contribution in [-0.4, -0.2) is 84.4 Å². The summed E-state index contributed by atoms with van der Waals surface area (Å²) in [7, 11) is 1.80. The van der Waals surface area contributed by atoms with E-state index in [1.54, 1.807) is 24.1 Å². The molecule has 64 heavy (non-hydrogen) atoms. The minimum Gasteiger partial charge on any atom is -0.459 e. The van der Waals surface area contributed by atoms with E-state index in [1.165, 1.54) is 0 Å². The monoisotopic (exact) mass is 871 g/mol. The number of unbranched alkanes of at least 4 members (excludes halogenated alkanes) is 2. The van der Waals surface area contributed by atoms with Crippen molar-refractivity contribution in [2.75, 3.05) is 33.5 Å². The molecule has 7 atom stereocenters. The van der Waals surface area contributed by atoms with E-state index in [9.17, 15) is 19.8 Å². The van der Waals surface area contributed by atoms with E-state index in [0.29, 0.717) is 55.2 Å². The summed E-state index contributed by atoms with van der Waals surface area (Å²) in [5.41, 5.74) is 3.92. The van der Waals surface area contributed by atoms with Gasteiger partial charge in [0.05, 0.1) is 24.8 Å². The SMILES string of the molecule is C=CCO[C@@]12Oc3ccc(OC(=O)NCc4ccccc4)cc3[C@H]3[C@H](CCCCO)[C@@H](CCCCO)C=C(C(=NOC4CCCCO4)C[C@@H]1N(C)C(=O)c1ccc4ccccc4c1)[C@H]32. The summed E-state index contributed by atoms with van der Waals surface area (Å²) in [6.45, 7) is 5.23. The van der Waals surface area contributed by atoms with Crippen molar-refractivity contribution < 1.29 is 43.6 Å². The second-order valence-corrected chi connectivity index (χ2v) is 17.4. The number of fused-ring (bicyclic) bond motifs is 3. The Labute approximate surface area is 375 Å². The van der Waals surface area contributed by atoms with Gasteiger partial charge in [-0.2, -0.15) is 0 Å². The number of aliphatic hydroxyl groups excluding tert-OH is 2. The lowest BCUT2D eigenvalue weighted by Crippen LogP contribution is -2.69. The number of allylic oxidation sites excluding steroid dienone is 1. The molecule has 1 unspecified atom stereocenters. The molecule has 12 nitrogen and oxygen atoms in total. The number of nitrogens with zero attached hydrogens (tertiary/aromatic N) is 2. The van der Waals surface area contributed by atoms with Gasteiger partial charge in [-0.05, 0) is 103 Å².